The molecule has 0 aromatic rings. The highest BCUT2D eigenvalue weighted by atomic mass is 35.5. The first-order valence-corrected chi connectivity index (χ1v) is 3.00. The fourth-order valence-electron chi connectivity index (χ4n) is 0.814. The van der Waals surface area contributed by atoms with Gasteiger partial charge in [-0.15, -0.1) is 0 Å². The van der Waals surface area contributed by atoms with Gasteiger partial charge in [-0.25, -0.2) is 13.2 Å². The second-order valence-electron chi connectivity index (χ2n) is 2.27. The van der Waals surface area contributed by atoms with Gasteiger partial charge in [0.25, 0.3) is 11.1 Å². The molecule has 1 saturated carbocycles. The van der Waals surface area contributed by atoms with Crippen LogP contribution in [0.1, 0.15) is 6.42 Å². The van der Waals surface area contributed by atoms with E-state index in [-0.39, 0.29) is 6.29 Å². The van der Waals surface area contributed by atoms with Crippen LogP contribution in [0.5, 0.6) is 0 Å². The highest BCUT2D eigenvalue weighted by molar-refractivity contribution is 6.25. The van der Waals surface area contributed by atoms with Crippen LogP contribution in [-0.4, -0.2) is 17.3 Å². The quantitative estimate of drug-likeness (QED) is 0.435. The van der Waals surface area contributed by atoms with Gasteiger partial charge in [-0.2, -0.15) is 0 Å². The van der Waals surface area contributed by atoms with Crippen LogP contribution >= 0.6 is 11.6 Å². The predicted molar refractivity (Wildman–Crippen MR) is 28.8 cm³/mol. The zero-order valence-electron chi connectivity index (χ0n) is 4.78. The molecule has 0 aromatic carbocycles. The van der Waals surface area contributed by atoms with Crippen LogP contribution in [0.15, 0.2) is 0 Å². The van der Waals surface area contributed by atoms with Crippen LogP contribution in [0.2, 0.25) is 0 Å². The SMILES string of the molecule is O=CC1CC(F)(F)C1(F)Cl. The summed E-state index contributed by atoms with van der Waals surface area (Å²) in [7, 11) is 0. The molecule has 1 rings (SSSR count). The van der Waals surface area contributed by atoms with Gasteiger partial charge in [0.05, 0.1) is 5.92 Å². The lowest BCUT2D eigenvalue weighted by Gasteiger charge is -2.42. The molecule has 5 heteroatoms. The minimum Gasteiger partial charge on any atom is -0.303 e. The molecule has 10 heavy (non-hydrogen) atoms. The van der Waals surface area contributed by atoms with Crippen molar-refractivity contribution >= 4 is 17.9 Å². The summed E-state index contributed by atoms with van der Waals surface area (Å²) in [5, 5.41) is -3.14. The molecule has 1 fully saturated rings. The minimum absolute atomic E-state index is 0.115. The highest BCUT2D eigenvalue weighted by Crippen LogP contribution is 2.55. The van der Waals surface area contributed by atoms with E-state index in [2.05, 4.69) is 0 Å². The second kappa shape index (κ2) is 1.87. The maximum Gasteiger partial charge on any atom is 0.296 e. The molecule has 0 amide bonds. The van der Waals surface area contributed by atoms with Crippen molar-refractivity contribution in [1.82, 2.24) is 0 Å². The molecule has 2 unspecified atom stereocenters. The molecule has 0 spiro atoms. The van der Waals surface area contributed by atoms with Crippen LogP contribution < -0.4 is 0 Å². The molecule has 58 valence electrons. The van der Waals surface area contributed by atoms with Gasteiger partial charge < -0.3 is 4.79 Å². The summed E-state index contributed by atoms with van der Waals surface area (Å²) >= 11 is 4.71. The average molecular weight is 173 g/mol. The van der Waals surface area contributed by atoms with Gasteiger partial charge in [0, 0.05) is 6.42 Å². The number of hydrogen-bond acceptors (Lipinski definition) is 1. The zero-order valence-corrected chi connectivity index (χ0v) is 5.54. The number of aldehydes is 1. The summed E-state index contributed by atoms with van der Waals surface area (Å²) in [5.41, 5.74) is 0. The van der Waals surface area contributed by atoms with Crippen molar-refractivity contribution in [2.45, 2.75) is 17.5 Å². The molecule has 1 aliphatic rings. The third kappa shape index (κ3) is 0.746. The van der Waals surface area contributed by atoms with Crippen molar-refractivity contribution in [3.8, 4) is 0 Å². The predicted octanol–water partition coefficient (Wildman–Crippen LogP) is 1.75. The van der Waals surface area contributed by atoms with Crippen LogP contribution in [-0.2, 0) is 4.79 Å². The van der Waals surface area contributed by atoms with Gasteiger partial charge in [-0.05, 0) is 0 Å². The molecular formula is C5H4ClF3O. The van der Waals surface area contributed by atoms with Gasteiger partial charge in [0.15, 0.2) is 0 Å². The van der Waals surface area contributed by atoms with Gasteiger partial charge in [0.1, 0.15) is 6.29 Å². The number of alkyl halides is 4. The fraction of sp³-hybridized carbons (Fsp3) is 0.800. The molecule has 0 aliphatic heterocycles. The maximum atomic E-state index is 12.4. The smallest absolute Gasteiger partial charge is 0.296 e. The number of carbonyl (C=O) groups is 1. The summed E-state index contributed by atoms with van der Waals surface area (Å²) in [6, 6.07) is 0. The molecule has 2 atom stereocenters. The highest BCUT2D eigenvalue weighted by Gasteiger charge is 2.69. The Kier molecular flexibility index (Phi) is 1.47. The Morgan fingerprint density at radius 3 is 2.10 bits per heavy atom. The topological polar surface area (TPSA) is 17.1 Å². The molecule has 0 aromatic heterocycles. The van der Waals surface area contributed by atoms with E-state index in [4.69, 9.17) is 11.6 Å². The van der Waals surface area contributed by atoms with Crippen molar-refractivity contribution in [3.63, 3.8) is 0 Å². The van der Waals surface area contributed by atoms with Crippen LogP contribution in [0, 0.1) is 5.92 Å². The van der Waals surface area contributed by atoms with Crippen molar-refractivity contribution in [1.29, 1.82) is 0 Å². The summed E-state index contributed by atoms with van der Waals surface area (Å²) in [6.07, 6.45) is -0.666. The Morgan fingerprint density at radius 2 is 2.00 bits per heavy atom. The number of halogens is 4. The fourth-order valence-corrected chi connectivity index (χ4v) is 1.02. The molecular weight excluding hydrogens is 169 g/mol. The molecule has 1 nitrogen and oxygen atoms in total. The van der Waals surface area contributed by atoms with Gasteiger partial charge in [-0.1, -0.05) is 11.6 Å². The summed E-state index contributed by atoms with van der Waals surface area (Å²) in [4.78, 5) is 9.83. The molecule has 0 N–H and O–H groups in total. The van der Waals surface area contributed by atoms with E-state index in [1.54, 1.807) is 0 Å². The van der Waals surface area contributed by atoms with Gasteiger partial charge >= 0.3 is 0 Å². The lowest BCUT2D eigenvalue weighted by molar-refractivity contribution is -0.201. The zero-order chi connectivity index (χ0) is 7.99. The van der Waals surface area contributed by atoms with E-state index >= 15 is 0 Å². The van der Waals surface area contributed by atoms with Crippen LogP contribution in [0.3, 0.4) is 0 Å². The average Bonchev–Trinajstić information content (AvgIpc) is 1.83. The lowest BCUT2D eigenvalue weighted by atomic mass is 9.79. The molecule has 1 aliphatic carbocycles. The Labute approximate surface area is 60.2 Å². The van der Waals surface area contributed by atoms with Gasteiger partial charge in [0.2, 0.25) is 0 Å². The standard InChI is InChI=1S/C5H4ClF3O/c6-5(9)3(2-10)1-4(5,7)8/h2-3H,1H2. The molecule has 0 radical (unpaired) electrons. The first kappa shape index (κ1) is 7.85. The van der Waals surface area contributed by atoms with Crippen molar-refractivity contribution < 1.29 is 18.0 Å². The van der Waals surface area contributed by atoms with Crippen molar-refractivity contribution in [3.05, 3.63) is 0 Å². The summed E-state index contributed by atoms with van der Waals surface area (Å²) < 4.78 is 36.6. The van der Waals surface area contributed by atoms with Crippen molar-refractivity contribution in [2.24, 2.45) is 5.92 Å². The number of carbonyl (C=O) groups excluding carboxylic acids is 1. The summed E-state index contributed by atoms with van der Waals surface area (Å²) in [6.45, 7) is 0. The monoisotopic (exact) mass is 172 g/mol. The molecule has 0 heterocycles. The first-order valence-electron chi connectivity index (χ1n) is 2.63. The first-order chi connectivity index (χ1) is 4.42. The van der Waals surface area contributed by atoms with Crippen LogP contribution in [0.25, 0.3) is 0 Å². The molecule has 0 bridgehead atoms. The summed E-state index contributed by atoms with van der Waals surface area (Å²) in [5.74, 6) is -4.90. The number of rotatable bonds is 1. The third-order valence-electron chi connectivity index (χ3n) is 1.59. The van der Waals surface area contributed by atoms with E-state index in [0.29, 0.717) is 0 Å². The Hall–Kier alpha value is -0.250. The lowest BCUT2D eigenvalue weighted by Crippen LogP contribution is -2.58. The maximum absolute atomic E-state index is 12.4. The van der Waals surface area contributed by atoms with Crippen molar-refractivity contribution in [2.75, 3.05) is 0 Å². The van der Waals surface area contributed by atoms with E-state index < -0.39 is 23.4 Å². The Morgan fingerprint density at radius 1 is 1.50 bits per heavy atom. The van der Waals surface area contributed by atoms with E-state index in [1.807, 2.05) is 0 Å². The van der Waals surface area contributed by atoms with E-state index in [0.717, 1.165) is 0 Å². The number of hydrogen-bond donors (Lipinski definition) is 0. The van der Waals surface area contributed by atoms with Gasteiger partial charge in [-0.3, -0.25) is 0 Å². The molecule has 0 saturated heterocycles. The Balaban J connectivity index is 2.73. The largest absolute Gasteiger partial charge is 0.303 e. The van der Waals surface area contributed by atoms with E-state index in [9.17, 15) is 18.0 Å². The normalized spacial score (nSPS) is 44.2. The second-order valence-corrected chi connectivity index (χ2v) is 2.82. The Bertz CT molecular complexity index is 168. The minimum atomic E-state index is -3.54. The van der Waals surface area contributed by atoms with E-state index in [1.165, 1.54) is 0 Å². The van der Waals surface area contributed by atoms with Crippen LogP contribution in [0.4, 0.5) is 13.2 Å². The third-order valence-corrected chi connectivity index (χ3v) is 2.15.